The lowest BCUT2D eigenvalue weighted by atomic mass is 10.2. The van der Waals surface area contributed by atoms with E-state index in [4.69, 9.17) is 0 Å². The van der Waals surface area contributed by atoms with Gasteiger partial charge in [-0.2, -0.15) is 0 Å². The summed E-state index contributed by atoms with van der Waals surface area (Å²) in [5.41, 5.74) is 3.44. The molecular weight excluding hydrogens is 316 g/mol. The van der Waals surface area contributed by atoms with E-state index in [1.54, 1.807) is 0 Å². The Kier molecular flexibility index (Phi) is 4.70. The highest BCUT2D eigenvalue weighted by Crippen LogP contribution is 2.24. The van der Waals surface area contributed by atoms with Crippen molar-refractivity contribution in [1.29, 1.82) is 0 Å². The van der Waals surface area contributed by atoms with Crippen LogP contribution >= 0.6 is 0 Å². The van der Waals surface area contributed by atoms with Crippen molar-refractivity contribution in [2.24, 2.45) is 0 Å². The summed E-state index contributed by atoms with van der Waals surface area (Å²) >= 11 is 0. The molecule has 25 heavy (non-hydrogen) atoms. The highest BCUT2D eigenvalue weighted by atomic mass is 16.1. The van der Waals surface area contributed by atoms with Crippen LogP contribution in [-0.4, -0.2) is 26.6 Å². The predicted molar refractivity (Wildman–Crippen MR) is 98.1 cm³/mol. The molecule has 6 nitrogen and oxygen atoms in total. The number of benzene rings is 1. The molecule has 0 saturated carbocycles. The Bertz CT molecular complexity index is 970. The number of carbonyl (C=O) groups excluding carboxylic acids is 1. The number of aromatic nitrogens is 3. The van der Waals surface area contributed by atoms with Crippen molar-refractivity contribution >= 4 is 16.9 Å². The van der Waals surface area contributed by atoms with E-state index >= 15 is 0 Å². The predicted octanol–water partition coefficient (Wildman–Crippen LogP) is 2.33. The van der Waals surface area contributed by atoms with E-state index < -0.39 is 0 Å². The third-order valence-corrected chi connectivity index (χ3v) is 4.45. The first-order valence-electron chi connectivity index (χ1n) is 8.43. The van der Waals surface area contributed by atoms with Crippen LogP contribution in [0.2, 0.25) is 0 Å². The van der Waals surface area contributed by atoms with Gasteiger partial charge in [0, 0.05) is 30.9 Å². The largest absolute Gasteiger partial charge is 0.356 e. The van der Waals surface area contributed by atoms with Crippen LogP contribution in [0.25, 0.3) is 16.7 Å². The van der Waals surface area contributed by atoms with Crippen molar-refractivity contribution in [3.63, 3.8) is 0 Å². The summed E-state index contributed by atoms with van der Waals surface area (Å²) in [6, 6.07) is 9.87. The number of nitrogens with one attached hydrogen (secondary N) is 1. The Morgan fingerprint density at radius 3 is 2.60 bits per heavy atom. The maximum absolute atomic E-state index is 12.9. The van der Waals surface area contributed by atoms with Crippen molar-refractivity contribution in [3.05, 3.63) is 58.3 Å². The van der Waals surface area contributed by atoms with Gasteiger partial charge in [-0.1, -0.05) is 18.2 Å². The number of aryl methyl sites for hydroxylation is 2. The molecule has 0 aliphatic heterocycles. The molecule has 0 aliphatic rings. The third kappa shape index (κ3) is 3.07. The van der Waals surface area contributed by atoms with Gasteiger partial charge in [-0.3, -0.25) is 18.7 Å². The van der Waals surface area contributed by atoms with Gasteiger partial charge >= 0.3 is 0 Å². The normalized spacial score (nSPS) is 11.0. The van der Waals surface area contributed by atoms with Crippen LogP contribution in [0.15, 0.2) is 41.5 Å². The van der Waals surface area contributed by atoms with Gasteiger partial charge < -0.3 is 5.32 Å². The molecule has 3 rings (SSSR count). The van der Waals surface area contributed by atoms with Crippen LogP contribution in [0.3, 0.4) is 0 Å². The van der Waals surface area contributed by atoms with E-state index in [9.17, 15) is 9.59 Å². The number of rotatable bonds is 5. The van der Waals surface area contributed by atoms with E-state index in [1.807, 2.05) is 55.7 Å². The lowest BCUT2D eigenvalue weighted by Crippen LogP contribution is -2.27. The van der Waals surface area contributed by atoms with Gasteiger partial charge in [-0.05, 0) is 38.5 Å². The monoisotopic (exact) mass is 338 g/mol. The Hall–Kier alpha value is -2.89. The second-order valence-corrected chi connectivity index (χ2v) is 6.03. The first-order chi connectivity index (χ1) is 12.0. The maximum atomic E-state index is 12.9. The van der Waals surface area contributed by atoms with E-state index in [0.29, 0.717) is 24.1 Å². The van der Waals surface area contributed by atoms with E-state index in [0.717, 1.165) is 16.9 Å². The molecule has 2 aromatic heterocycles. The lowest BCUT2D eigenvalue weighted by Gasteiger charge is -2.08. The third-order valence-electron chi connectivity index (χ3n) is 4.45. The average molecular weight is 338 g/mol. The van der Waals surface area contributed by atoms with Crippen LogP contribution in [0, 0.1) is 13.8 Å². The smallest absolute Gasteiger partial charge is 0.263 e. The number of carbonyl (C=O) groups is 1. The minimum Gasteiger partial charge on any atom is -0.356 e. The fraction of sp³-hybridized carbons (Fsp3) is 0.316. The molecule has 0 spiro atoms. The molecule has 6 heteroatoms. The van der Waals surface area contributed by atoms with E-state index in [-0.39, 0.29) is 17.9 Å². The number of para-hydroxylation sites is 1. The van der Waals surface area contributed by atoms with Gasteiger partial charge in [0.15, 0.2) is 5.65 Å². The zero-order valence-electron chi connectivity index (χ0n) is 14.7. The molecule has 1 amide bonds. The number of nitrogens with zero attached hydrogens (tertiary/aromatic N) is 3. The zero-order chi connectivity index (χ0) is 18.0. The molecule has 0 aliphatic carbocycles. The second-order valence-electron chi connectivity index (χ2n) is 6.03. The van der Waals surface area contributed by atoms with Crippen LogP contribution < -0.4 is 10.9 Å². The molecule has 0 bridgehead atoms. The fourth-order valence-electron chi connectivity index (χ4n) is 3.05. The van der Waals surface area contributed by atoms with Crippen molar-refractivity contribution in [2.75, 3.05) is 6.54 Å². The summed E-state index contributed by atoms with van der Waals surface area (Å²) in [5, 5.41) is 3.35. The molecule has 0 unspecified atom stereocenters. The SMILES string of the molecule is CCNC(=O)CCn1cnc2c(c(C)c(C)n2-c2ccccc2)c1=O. The summed E-state index contributed by atoms with van der Waals surface area (Å²) in [6.07, 6.45) is 1.79. The van der Waals surface area contributed by atoms with Crippen molar-refractivity contribution in [1.82, 2.24) is 19.4 Å². The van der Waals surface area contributed by atoms with E-state index in [2.05, 4.69) is 10.3 Å². The van der Waals surface area contributed by atoms with E-state index in [1.165, 1.54) is 10.9 Å². The summed E-state index contributed by atoms with van der Waals surface area (Å²) in [6.45, 7) is 6.71. The van der Waals surface area contributed by atoms with Crippen molar-refractivity contribution in [2.45, 2.75) is 33.7 Å². The molecular formula is C19H22N4O2. The lowest BCUT2D eigenvalue weighted by molar-refractivity contribution is -0.121. The molecule has 0 saturated heterocycles. The van der Waals surface area contributed by atoms with Crippen LogP contribution in [0.5, 0.6) is 0 Å². The molecule has 1 aromatic carbocycles. The fourth-order valence-corrected chi connectivity index (χ4v) is 3.05. The summed E-state index contributed by atoms with van der Waals surface area (Å²) < 4.78 is 3.51. The number of hydrogen-bond acceptors (Lipinski definition) is 3. The second kappa shape index (κ2) is 6.93. The Labute approximate surface area is 146 Å². The standard InChI is InChI=1S/C19H22N4O2/c1-4-20-16(24)10-11-22-12-21-18-17(19(22)25)13(2)14(3)23(18)15-8-6-5-7-9-15/h5-9,12H,4,10-11H2,1-3H3,(H,20,24). The minimum absolute atomic E-state index is 0.0655. The number of amides is 1. The highest BCUT2D eigenvalue weighted by molar-refractivity contribution is 5.83. The van der Waals surface area contributed by atoms with Gasteiger partial charge in [0.05, 0.1) is 11.7 Å². The molecule has 130 valence electrons. The molecule has 0 radical (unpaired) electrons. The molecule has 3 aromatic rings. The quantitative estimate of drug-likeness (QED) is 0.776. The Morgan fingerprint density at radius 2 is 1.92 bits per heavy atom. The van der Waals surface area contributed by atoms with Gasteiger partial charge in [0.1, 0.15) is 0 Å². The van der Waals surface area contributed by atoms with Gasteiger partial charge in [-0.25, -0.2) is 4.98 Å². The maximum Gasteiger partial charge on any atom is 0.263 e. The molecule has 0 atom stereocenters. The van der Waals surface area contributed by atoms with Crippen LogP contribution in [-0.2, 0) is 11.3 Å². The molecule has 0 fully saturated rings. The molecule has 2 heterocycles. The summed E-state index contributed by atoms with van der Waals surface area (Å²) in [5.74, 6) is -0.0655. The first-order valence-corrected chi connectivity index (χ1v) is 8.43. The first kappa shape index (κ1) is 17.0. The van der Waals surface area contributed by atoms with Crippen LogP contribution in [0.1, 0.15) is 24.6 Å². The van der Waals surface area contributed by atoms with Gasteiger partial charge in [-0.15, -0.1) is 0 Å². The zero-order valence-corrected chi connectivity index (χ0v) is 14.7. The number of fused-ring (bicyclic) bond motifs is 1. The van der Waals surface area contributed by atoms with Crippen molar-refractivity contribution < 1.29 is 4.79 Å². The minimum atomic E-state index is -0.107. The van der Waals surface area contributed by atoms with Gasteiger partial charge in [0.25, 0.3) is 5.56 Å². The average Bonchev–Trinajstić information content (AvgIpc) is 2.87. The highest BCUT2D eigenvalue weighted by Gasteiger charge is 2.17. The van der Waals surface area contributed by atoms with Crippen LogP contribution in [0.4, 0.5) is 0 Å². The summed E-state index contributed by atoms with van der Waals surface area (Å²) in [7, 11) is 0. The van der Waals surface area contributed by atoms with Gasteiger partial charge in [0.2, 0.25) is 5.91 Å². The Balaban J connectivity index is 2.07. The topological polar surface area (TPSA) is 68.9 Å². The summed E-state index contributed by atoms with van der Waals surface area (Å²) in [4.78, 5) is 29.1. The Morgan fingerprint density at radius 1 is 1.20 bits per heavy atom. The number of hydrogen-bond donors (Lipinski definition) is 1. The molecule has 1 N–H and O–H groups in total. The van der Waals surface area contributed by atoms with Crippen molar-refractivity contribution in [3.8, 4) is 5.69 Å².